The third-order valence-electron chi connectivity index (χ3n) is 4.26. The van der Waals surface area contributed by atoms with E-state index in [1.54, 1.807) is 0 Å². The van der Waals surface area contributed by atoms with Gasteiger partial charge in [-0.2, -0.15) is 0 Å². The van der Waals surface area contributed by atoms with Gasteiger partial charge in [0.2, 0.25) is 0 Å². The number of carbonyl (C=O) groups excluding carboxylic acids is 1. The summed E-state index contributed by atoms with van der Waals surface area (Å²) >= 11 is 0. The summed E-state index contributed by atoms with van der Waals surface area (Å²) in [5, 5.41) is 0. The van der Waals surface area contributed by atoms with Crippen LogP contribution in [-0.4, -0.2) is 25.3 Å². The molecule has 0 rings (SSSR count). The minimum absolute atomic E-state index is 0.0273. The van der Waals surface area contributed by atoms with Gasteiger partial charge in [0.1, 0.15) is 0 Å². The predicted octanol–water partition coefficient (Wildman–Crippen LogP) is 7.46. The summed E-state index contributed by atoms with van der Waals surface area (Å²) in [6.45, 7) is 11.7. The van der Waals surface area contributed by atoms with Crippen LogP contribution in [0.15, 0.2) is 0 Å². The van der Waals surface area contributed by atoms with E-state index in [0.717, 1.165) is 19.6 Å². The fourth-order valence-corrected chi connectivity index (χ4v) is 2.81. The fourth-order valence-electron chi connectivity index (χ4n) is 2.81. The van der Waals surface area contributed by atoms with Gasteiger partial charge in [0.05, 0.1) is 6.10 Å². The molecule has 0 saturated carbocycles. The molecule has 0 bridgehead atoms. The zero-order valence-corrected chi connectivity index (χ0v) is 18.6. The van der Waals surface area contributed by atoms with Crippen molar-refractivity contribution in [1.29, 1.82) is 0 Å². The summed E-state index contributed by atoms with van der Waals surface area (Å²) in [5.41, 5.74) is 0. The first-order valence-corrected chi connectivity index (χ1v) is 11.4. The summed E-state index contributed by atoms with van der Waals surface area (Å²) in [6.07, 6.45) is 18.0. The number of unbranched alkanes of at least 4 members (excludes halogenated alkanes) is 12. The molecule has 0 heterocycles. The fraction of sp³-hybridized carbons (Fsp3) is 0.957. The monoisotopic (exact) mass is 372 g/mol. The Morgan fingerprint density at radius 3 is 1.35 bits per heavy atom. The van der Waals surface area contributed by atoms with Crippen LogP contribution in [0.2, 0.25) is 0 Å². The van der Waals surface area contributed by atoms with Crippen molar-refractivity contribution in [3.8, 4) is 0 Å². The van der Waals surface area contributed by atoms with Gasteiger partial charge in [-0.1, -0.05) is 84.0 Å². The van der Waals surface area contributed by atoms with Gasteiger partial charge < -0.3 is 9.47 Å². The Labute approximate surface area is 164 Å². The molecule has 0 aliphatic rings. The Morgan fingerprint density at radius 2 is 1.04 bits per heavy atom. The smallest absolute Gasteiger partial charge is 0.306 e. The lowest BCUT2D eigenvalue weighted by molar-refractivity contribution is -0.147. The van der Waals surface area contributed by atoms with Crippen molar-refractivity contribution in [3.63, 3.8) is 0 Å². The third kappa shape index (κ3) is 28.2. The molecule has 26 heavy (non-hydrogen) atoms. The molecule has 3 heteroatoms. The highest BCUT2D eigenvalue weighted by molar-refractivity contribution is 5.69. The molecule has 0 fully saturated rings. The summed E-state index contributed by atoms with van der Waals surface area (Å²) in [4.78, 5) is 11.3. The van der Waals surface area contributed by atoms with Gasteiger partial charge in [0, 0.05) is 19.6 Å². The molecule has 3 nitrogen and oxygen atoms in total. The third-order valence-corrected chi connectivity index (χ3v) is 4.26. The Bertz CT molecular complexity index is 262. The average Bonchev–Trinajstić information content (AvgIpc) is 2.59. The first-order chi connectivity index (χ1) is 12.6. The maximum atomic E-state index is 11.3. The lowest BCUT2D eigenvalue weighted by Gasteiger charge is -2.07. The van der Waals surface area contributed by atoms with Crippen molar-refractivity contribution in [2.75, 3.05) is 13.2 Å². The van der Waals surface area contributed by atoms with Crippen molar-refractivity contribution in [1.82, 2.24) is 0 Å². The maximum Gasteiger partial charge on any atom is 0.306 e. The highest BCUT2D eigenvalue weighted by atomic mass is 16.5. The molecule has 0 aliphatic heterocycles. The van der Waals surface area contributed by atoms with E-state index in [1.165, 1.54) is 77.0 Å². The lowest BCUT2D eigenvalue weighted by atomic mass is 10.0. The van der Waals surface area contributed by atoms with Crippen LogP contribution in [0.4, 0.5) is 0 Å². The molecular weight excluding hydrogens is 324 g/mol. The van der Waals surface area contributed by atoms with Crippen molar-refractivity contribution in [2.45, 2.75) is 131 Å². The second-order valence-electron chi connectivity index (χ2n) is 7.31. The van der Waals surface area contributed by atoms with E-state index in [9.17, 15) is 4.79 Å². The molecule has 0 unspecified atom stereocenters. The minimum Gasteiger partial charge on any atom is -0.463 e. The largest absolute Gasteiger partial charge is 0.463 e. The molecule has 0 atom stereocenters. The first kappa shape index (κ1) is 27.6. The number of rotatable bonds is 17. The Balaban J connectivity index is 0. The van der Waals surface area contributed by atoms with Crippen LogP contribution >= 0.6 is 0 Å². The topological polar surface area (TPSA) is 35.5 Å². The number of esters is 1. The second-order valence-corrected chi connectivity index (χ2v) is 7.31. The van der Waals surface area contributed by atoms with Crippen LogP contribution in [0.1, 0.15) is 125 Å². The van der Waals surface area contributed by atoms with Crippen molar-refractivity contribution < 1.29 is 14.3 Å². The van der Waals surface area contributed by atoms with E-state index in [2.05, 4.69) is 6.92 Å². The Morgan fingerprint density at radius 1 is 0.654 bits per heavy atom. The van der Waals surface area contributed by atoms with Crippen molar-refractivity contribution in [2.24, 2.45) is 0 Å². The van der Waals surface area contributed by atoms with Crippen LogP contribution in [-0.2, 0) is 14.3 Å². The first-order valence-electron chi connectivity index (χ1n) is 11.4. The van der Waals surface area contributed by atoms with Gasteiger partial charge in [0.25, 0.3) is 0 Å². The van der Waals surface area contributed by atoms with Crippen LogP contribution < -0.4 is 0 Å². The van der Waals surface area contributed by atoms with Crippen molar-refractivity contribution >= 4 is 5.97 Å². The highest BCUT2D eigenvalue weighted by Crippen LogP contribution is 2.13. The molecule has 0 aromatic carbocycles. The molecular formula is C23H48O3. The second kappa shape index (κ2) is 24.4. The van der Waals surface area contributed by atoms with Gasteiger partial charge >= 0.3 is 5.97 Å². The van der Waals surface area contributed by atoms with E-state index in [0.29, 0.717) is 6.42 Å². The van der Waals surface area contributed by atoms with E-state index < -0.39 is 0 Å². The zero-order chi connectivity index (χ0) is 19.9. The molecule has 0 aliphatic carbocycles. The van der Waals surface area contributed by atoms with Crippen LogP contribution in [0.3, 0.4) is 0 Å². The minimum atomic E-state index is -0.0342. The van der Waals surface area contributed by atoms with Gasteiger partial charge in [-0.15, -0.1) is 0 Å². The van der Waals surface area contributed by atoms with Crippen molar-refractivity contribution in [3.05, 3.63) is 0 Å². The van der Waals surface area contributed by atoms with E-state index in [1.807, 2.05) is 27.7 Å². The predicted molar refractivity (Wildman–Crippen MR) is 114 cm³/mol. The van der Waals surface area contributed by atoms with Gasteiger partial charge in [-0.05, 0) is 34.1 Å². The molecule has 0 N–H and O–H groups in total. The molecule has 0 radical (unpaired) electrons. The summed E-state index contributed by atoms with van der Waals surface area (Å²) < 4.78 is 9.95. The van der Waals surface area contributed by atoms with E-state index >= 15 is 0 Å². The molecule has 158 valence electrons. The quantitative estimate of drug-likeness (QED) is 0.196. The Kier molecular flexibility index (Phi) is 26.0. The number of ether oxygens (including phenoxy) is 2. The summed E-state index contributed by atoms with van der Waals surface area (Å²) in [5.74, 6) is -0.0342. The van der Waals surface area contributed by atoms with Gasteiger partial charge in [0.15, 0.2) is 0 Å². The Hall–Kier alpha value is -0.570. The highest BCUT2D eigenvalue weighted by Gasteiger charge is 2.04. The lowest BCUT2D eigenvalue weighted by Crippen LogP contribution is -2.10. The van der Waals surface area contributed by atoms with E-state index in [-0.39, 0.29) is 12.1 Å². The van der Waals surface area contributed by atoms with Gasteiger partial charge in [-0.3, -0.25) is 4.79 Å². The van der Waals surface area contributed by atoms with E-state index in [4.69, 9.17) is 9.47 Å². The van der Waals surface area contributed by atoms with Crippen LogP contribution in [0, 0.1) is 0 Å². The number of hydrogen-bond acceptors (Lipinski definition) is 3. The summed E-state index contributed by atoms with van der Waals surface area (Å²) in [6, 6.07) is 0. The normalized spacial score (nSPS) is 10.5. The molecule has 0 spiro atoms. The summed E-state index contributed by atoms with van der Waals surface area (Å²) in [7, 11) is 0. The molecule has 0 aromatic heterocycles. The number of carbonyl (C=O) groups is 1. The van der Waals surface area contributed by atoms with Crippen LogP contribution in [0.5, 0.6) is 0 Å². The SMILES string of the molecule is CCCCCCCCCCCCCCCC(=O)OC(C)C.CCOCC. The molecule has 0 amide bonds. The zero-order valence-electron chi connectivity index (χ0n) is 18.6. The number of hydrogen-bond donors (Lipinski definition) is 0. The molecule has 0 aromatic rings. The molecule has 0 saturated heterocycles. The maximum absolute atomic E-state index is 11.3. The average molecular weight is 373 g/mol. The van der Waals surface area contributed by atoms with Gasteiger partial charge in [-0.25, -0.2) is 0 Å². The van der Waals surface area contributed by atoms with Crippen LogP contribution in [0.25, 0.3) is 0 Å². The standard InChI is InChI=1S/C19H38O2.C4H10O/c1-4-5-6-7-8-9-10-11-12-13-14-15-16-17-19(20)21-18(2)3;1-3-5-4-2/h18H,4-17H2,1-3H3;3-4H2,1-2H3.